The molecule has 1 heterocycles. The van der Waals surface area contributed by atoms with Gasteiger partial charge in [-0.15, -0.1) is 0 Å². The van der Waals surface area contributed by atoms with Gasteiger partial charge in [0.25, 0.3) is 0 Å². The molecule has 0 aliphatic carbocycles. The van der Waals surface area contributed by atoms with Crippen molar-refractivity contribution in [2.45, 2.75) is 13.0 Å². The van der Waals surface area contributed by atoms with Gasteiger partial charge in [-0.1, -0.05) is 24.3 Å². The average Bonchev–Trinajstić information content (AvgIpc) is 2.78. The summed E-state index contributed by atoms with van der Waals surface area (Å²) in [5.74, 6) is -0.124. The molecule has 0 fully saturated rings. The molecule has 2 N–H and O–H groups in total. The summed E-state index contributed by atoms with van der Waals surface area (Å²) in [7, 11) is 0. The number of hydrogen-bond donors (Lipinski definition) is 2. The minimum Gasteiger partial charge on any atom is -0.504 e. The van der Waals surface area contributed by atoms with Crippen LogP contribution in [-0.4, -0.2) is 16.8 Å². The summed E-state index contributed by atoms with van der Waals surface area (Å²) >= 11 is 0. The molecular formula is C15H15NO2. The van der Waals surface area contributed by atoms with Crippen LogP contribution in [0.3, 0.4) is 0 Å². The van der Waals surface area contributed by atoms with Crippen molar-refractivity contribution in [2.75, 3.05) is 11.4 Å². The van der Waals surface area contributed by atoms with Crippen LogP contribution in [0.1, 0.15) is 11.1 Å². The van der Waals surface area contributed by atoms with E-state index in [9.17, 15) is 10.2 Å². The molecule has 0 unspecified atom stereocenters. The van der Waals surface area contributed by atoms with Gasteiger partial charge in [-0.2, -0.15) is 0 Å². The number of anilines is 1. The van der Waals surface area contributed by atoms with E-state index in [0.717, 1.165) is 25.1 Å². The van der Waals surface area contributed by atoms with Gasteiger partial charge in [0.05, 0.1) is 0 Å². The van der Waals surface area contributed by atoms with Crippen LogP contribution < -0.4 is 4.90 Å². The zero-order valence-electron chi connectivity index (χ0n) is 10.0. The first kappa shape index (κ1) is 11.0. The number of nitrogens with zero attached hydrogens (tertiary/aromatic N) is 1. The Balaban J connectivity index is 1.84. The smallest absolute Gasteiger partial charge is 0.157 e. The van der Waals surface area contributed by atoms with E-state index in [1.807, 2.05) is 12.1 Å². The van der Waals surface area contributed by atoms with Gasteiger partial charge in [-0.3, -0.25) is 0 Å². The molecule has 3 rings (SSSR count). The van der Waals surface area contributed by atoms with E-state index in [1.165, 1.54) is 17.3 Å². The number of phenols is 2. The summed E-state index contributed by atoms with van der Waals surface area (Å²) < 4.78 is 0. The molecule has 18 heavy (non-hydrogen) atoms. The molecule has 0 saturated carbocycles. The maximum Gasteiger partial charge on any atom is 0.157 e. The van der Waals surface area contributed by atoms with Crippen LogP contribution >= 0.6 is 0 Å². The van der Waals surface area contributed by atoms with Crippen molar-refractivity contribution in [3.8, 4) is 11.5 Å². The Morgan fingerprint density at radius 1 is 1.00 bits per heavy atom. The second-order valence-electron chi connectivity index (χ2n) is 4.62. The van der Waals surface area contributed by atoms with Gasteiger partial charge in [0.2, 0.25) is 0 Å². The molecule has 1 aliphatic rings. The number of aromatic hydroxyl groups is 2. The summed E-state index contributed by atoms with van der Waals surface area (Å²) in [6.07, 6.45) is 1.07. The lowest BCUT2D eigenvalue weighted by molar-refractivity contribution is 0.403. The van der Waals surface area contributed by atoms with Crippen molar-refractivity contribution in [1.82, 2.24) is 0 Å². The molecule has 2 aromatic carbocycles. The predicted molar refractivity (Wildman–Crippen MR) is 71.0 cm³/mol. The first-order valence-corrected chi connectivity index (χ1v) is 6.08. The van der Waals surface area contributed by atoms with E-state index in [1.54, 1.807) is 6.07 Å². The van der Waals surface area contributed by atoms with Crippen LogP contribution in [-0.2, 0) is 13.0 Å². The van der Waals surface area contributed by atoms with Crippen molar-refractivity contribution in [3.05, 3.63) is 53.6 Å². The summed E-state index contributed by atoms with van der Waals surface area (Å²) in [5.41, 5.74) is 3.65. The van der Waals surface area contributed by atoms with Gasteiger partial charge in [-0.25, -0.2) is 0 Å². The van der Waals surface area contributed by atoms with E-state index in [2.05, 4.69) is 23.1 Å². The topological polar surface area (TPSA) is 43.7 Å². The Hall–Kier alpha value is -2.16. The lowest BCUT2D eigenvalue weighted by Crippen LogP contribution is -2.19. The zero-order valence-corrected chi connectivity index (χ0v) is 10.0. The zero-order chi connectivity index (χ0) is 12.5. The maximum absolute atomic E-state index is 9.50. The van der Waals surface area contributed by atoms with Crippen molar-refractivity contribution < 1.29 is 10.2 Å². The number of benzene rings is 2. The summed E-state index contributed by atoms with van der Waals surface area (Å²) in [6.45, 7) is 1.76. The average molecular weight is 241 g/mol. The van der Waals surface area contributed by atoms with Gasteiger partial charge >= 0.3 is 0 Å². The third-order valence-corrected chi connectivity index (χ3v) is 3.40. The molecular weight excluding hydrogens is 226 g/mol. The van der Waals surface area contributed by atoms with Crippen LogP contribution in [0.4, 0.5) is 5.69 Å². The van der Waals surface area contributed by atoms with E-state index in [0.29, 0.717) is 0 Å². The summed E-state index contributed by atoms with van der Waals surface area (Å²) in [4.78, 5) is 2.29. The minimum atomic E-state index is -0.0689. The third kappa shape index (κ3) is 1.88. The quantitative estimate of drug-likeness (QED) is 0.794. The van der Waals surface area contributed by atoms with Crippen LogP contribution in [0.5, 0.6) is 11.5 Å². The van der Waals surface area contributed by atoms with Crippen LogP contribution in [0, 0.1) is 0 Å². The highest BCUT2D eigenvalue weighted by atomic mass is 16.3. The summed E-state index contributed by atoms with van der Waals surface area (Å²) in [6, 6.07) is 13.4. The second kappa shape index (κ2) is 4.26. The van der Waals surface area contributed by atoms with Gasteiger partial charge in [0, 0.05) is 18.8 Å². The fraction of sp³-hybridized carbons (Fsp3) is 0.200. The monoisotopic (exact) mass is 241 g/mol. The van der Waals surface area contributed by atoms with Gasteiger partial charge in [-0.05, 0) is 35.7 Å². The van der Waals surface area contributed by atoms with Crippen LogP contribution in [0.15, 0.2) is 42.5 Å². The van der Waals surface area contributed by atoms with Crippen molar-refractivity contribution in [2.24, 2.45) is 0 Å². The molecule has 0 radical (unpaired) electrons. The highest BCUT2D eigenvalue weighted by molar-refractivity contribution is 5.58. The molecule has 0 saturated heterocycles. The molecule has 3 heteroatoms. The maximum atomic E-state index is 9.50. The fourth-order valence-electron chi connectivity index (χ4n) is 2.46. The number of para-hydroxylation sites is 1. The summed E-state index contributed by atoms with van der Waals surface area (Å²) in [5, 5.41) is 18.8. The highest BCUT2D eigenvalue weighted by Crippen LogP contribution is 2.30. The number of phenolic OH excluding ortho intramolecular Hbond substituents is 2. The van der Waals surface area contributed by atoms with E-state index < -0.39 is 0 Å². The van der Waals surface area contributed by atoms with Gasteiger partial charge in [0.15, 0.2) is 11.5 Å². The fourth-order valence-corrected chi connectivity index (χ4v) is 2.46. The minimum absolute atomic E-state index is 0.0556. The number of rotatable bonds is 2. The van der Waals surface area contributed by atoms with Crippen molar-refractivity contribution in [1.29, 1.82) is 0 Å². The standard InChI is InChI=1S/C15H15NO2/c17-14-6-5-11(9-15(14)18)10-16-8-7-12-3-1-2-4-13(12)16/h1-6,9,17-18H,7-8,10H2. The SMILES string of the molecule is Oc1ccc(CN2CCc3ccccc32)cc1O. The molecule has 0 spiro atoms. The Kier molecular flexibility index (Phi) is 2.59. The molecule has 0 aromatic heterocycles. The highest BCUT2D eigenvalue weighted by Gasteiger charge is 2.18. The van der Waals surface area contributed by atoms with E-state index in [4.69, 9.17) is 0 Å². The molecule has 92 valence electrons. The number of fused-ring (bicyclic) bond motifs is 1. The molecule has 2 aromatic rings. The lowest BCUT2D eigenvalue weighted by Gasteiger charge is -2.19. The largest absolute Gasteiger partial charge is 0.504 e. The first-order chi connectivity index (χ1) is 8.74. The Labute approximate surface area is 106 Å². The third-order valence-electron chi connectivity index (χ3n) is 3.40. The molecule has 0 atom stereocenters. The normalized spacial score (nSPS) is 13.7. The number of hydrogen-bond acceptors (Lipinski definition) is 3. The van der Waals surface area contributed by atoms with Gasteiger partial charge < -0.3 is 15.1 Å². The molecule has 0 bridgehead atoms. The predicted octanol–water partition coefficient (Wildman–Crippen LogP) is 2.66. The van der Waals surface area contributed by atoms with Crippen LogP contribution in [0.25, 0.3) is 0 Å². The van der Waals surface area contributed by atoms with Crippen molar-refractivity contribution in [3.63, 3.8) is 0 Å². The Bertz CT molecular complexity index is 580. The Morgan fingerprint density at radius 3 is 2.67 bits per heavy atom. The van der Waals surface area contributed by atoms with Crippen molar-refractivity contribution >= 4 is 5.69 Å². The lowest BCUT2D eigenvalue weighted by atomic mass is 10.1. The Morgan fingerprint density at radius 2 is 1.83 bits per heavy atom. The van der Waals surface area contributed by atoms with E-state index >= 15 is 0 Å². The first-order valence-electron chi connectivity index (χ1n) is 6.08. The molecule has 0 amide bonds. The molecule has 1 aliphatic heterocycles. The van der Waals surface area contributed by atoms with Crippen LogP contribution in [0.2, 0.25) is 0 Å². The molecule has 3 nitrogen and oxygen atoms in total. The van der Waals surface area contributed by atoms with Gasteiger partial charge in [0.1, 0.15) is 0 Å². The second-order valence-corrected chi connectivity index (χ2v) is 4.62. The van der Waals surface area contributed by atoms with E-state index in [-0.39, 0.29) is 11.5 Å².